The van der Waals surface area contributed by atoms with Crippen molar-refractivity contribution in [3.05, 3.63) is 114 Å². The highest BCUT2D eigenvalue weighted by atomic mass is 79.9. The zero-order valence-electron chi connectivity index (χ0n) is 21.0. The normalized spacial score (nSPS) is 12.1. The number of rotatable bonds is 5. The van der Waals surface area contributed by atoms with E-state index in [4.69, 9.17) is 9.72 Å². The predicted octanol–water partition coefficient (Wildman–Crippen LogP) is 8.60. The molecule has 4 aromatic carbocycles. The Hall–Kier alpha value is -2.81. The molecule has 8 heteroatoms. The Morgan fingerprint density at radius 1 is 0.921 bits per heavy atom. The van der Waals surface area contributed by atoms with Gasteiger partial charge >= 0.3 is 0 Å². The molecule has 0 spiro atoms. The first-order chi connectivity index (χ1) is 18.1. The van der Waals surface area contributed by atoms with Gasteiger partial charge in [0.15, 0.2) is 0 Å². The molecule has 5 nitrogen and oxygen atoms in total. The third-order valence-corrected chi connectivity index (χ3v) is 7.75. The van der Waals surface area contributed by atoms with Gasteiger partial charge in [-0.1, -0.05) is 79.2 Å². The number of hydrogen-bond acceptors (Lipinski definition) is 4. The van der Waals surface area contributed by atoms with Crippen LogP contribution in [0, 0.1) is 0 Å². The maximum absolute atomic E-state index is 13.4. The number of fused-ring (bicyclic) bond motifs is 2. The molecule has 0 saturated heterocycles. The number of benzene rings is 4. The SMILES string of the molecule is CC(C)(C)c1nc2ccc(Br)cc2c(=O)n1N=Cc1cc(Br)c(OCc2cccc3ccccc23)c(Br)c1. The summed E-state index contributed by atoms with van der Waals surface area (Å²) in [6, 6.07) is 23.8. The molecule has 0 atom stereocenters. The highest BCUT2D eigenvalue weighted by Gasteiger charge is 2.23. The molecular formula is C30H24Br3N3O2. The summed E-state index contributed by atoms with van der Waals surface area (Å²) in [6.07, 6.45) is 1.66. The quantitative estimate of drug-likeness (QED) is 0.173. The summed E-state index contributed by atoms with van der Waals surface area (Å²) in [5.74, 6) is 1.28. The molecule has 0 aliphatic heterocycles. The average Bonchev–Trinajstić information content (AvgIpc) is 2.87. The van der Waals surface area contributed by atoms with Gasteiger partial charge in [-0.2, -0.15) is 9.78 Å². The summed E-state index contributed by atoms with van der Waals surface area (Å²) in [5.41, 5.74) is 1.94. The maximum atomic E-state index is 13.4. The largest absolute Gasteiger partial charge is 0.487 e. The van der Waals surface area contributed by atoms with Crippen molar-refractivity contribution in [2.24, 2.45) is 5.10 Å². The Morgan fingerprint density at radius 3 is 2.37 bits per heavy atom. The minimum absolute atomic E-state index is 0.217. The van der Waals surface area contributed by atoms with Gasteiger partial charge in [0.05, 0.1) is 26.1 Å². The van der Waals surface area contributed by atoms with Crippen LogP contribution in [0.4, 0.5) is 0 Å². The van der Waals surface area contributed by atoms with Gasteiger partial charge < -0.3 is 4.74 Å². The van der Waals surface area contributed by atoms with Crippen LogP contribution in [-0.4, -0.2) is 15.9 Å². The average molecular weight is 698 g/mol. The van der Waals surface area contributed by atoms with Crippen LogP contribution >= 0.6 is 47.8 Å². The number of nitrogens with zero attached hydrogens (tertiary/aromatic N) is 3. The van der Waals surface area contributed by atoms with Gasteiger partial charge in [0, 0.05) is 9.89 Å². The topological polar surface area (TPSA) is 56.5 Å². The zero-order chi connectivity index (χ0) is 27.0. The van der Waals surface area contributed by atoms with E-state index >= 15 is 0 Å². The van der Waals surface area contributed by atoms with Gasteiger partial charge in [0.1, 0.15) is 18.2 Å². The van der Waals surface area contributed by atoms with Crippen LogP contribution < -0.4 is 10.3 Å². The Morgan fingerprint density at radius 2 is 1.63 bits per heavy atom. The highest BCUT2D eigenvalue weighted by molar-refractivity contribution is 9.11. The number of halogens is 3. The zero-order valence-corrected chi connectivity index (χ0v) is 25.8. The third-order valence-electron chi connectivity index (χ3n) is 6.07. The van der Waals surface area contributed by atoms with Crippen LogP contribution in [-0.2, 0) is 12.0 Å². The molecule has 5 aromatic rings. The number of ether oxygens (including phenoxy) is 1. The van der Waals surface area contributed by atoms with E-state index in [1.54, 1.807) is 12.3 Å². The summed E-state index contributed by atoms with van der Waals surface area (Å²) in [7, 11) is 0. The monoisotopic (exact) mass is 695 g/mol. The molecule has 0 fully saturated rings. The molecule has 0 N–H and O–H groups in total. The Labute approximate surface area is 245 Å². The van der Waals surface area contributed by atoms with Gasteiger partial charge in [0.2, 0.25) is 0 Å². The van der Waals surface area contributed by atoms with Crippen LogP contribution in [0.1, 0.15) is 37.7 Å². The first kappa shape index (κ1) is 26.8. The van der Waals surface area contributed by atoms with Crippen molar-refractivity contribution < 1.29 is 4.74 Å². The van der Waals surface area contributed by atoms with Gasteiger partial charge in [-0.25, -0.2) is 4.98 Å². The standard InChI is InChI=1S/C30H24Br3N3O2/c1-30(2,3)29-35-26-12-11-21(31)15-23(26)28(37)36(29)34-16-18-13-24(32)27(25(33)14-18)38-17-20-9-6-8-19-7-4-5-10-22(19)20/h4-16H,17H2,1-3H3. The third kappa shape index (κ3) is 5.48. The molecule has 192 valence electrons. The van der Waals surface area contributed by atoms with E-state index in [2.05, 4.69) is 77.2 Å². The molecule has 1 heterocycles. The fraction of sp³-hybridized carbons (Fsp3) is 0.167. The molecule has 0 aliphatic carbocycles. The second-order valence-corrected chi connectivity index (χ2v) is 12.6. The van der Waals surface area contributed by atoms with Crippen molar-refractivity contribution in [2.45, 2.75) is 32.8 Å². The van der Waals surface area contributed by atoms with E-state index in [9.17, 15) is 4.79 Å². The lowest BCUT2D eigenvalue weighted by Crippen LogP contribution is -2.29. The van der Waals surface area contributed by atoms with E-state index in [0.717, 1.165) is 24.5 Å². The van der Waals surface area contributed by atoms with E-state index in [0.29, 0.717) is 29.1 Å². The maximum Gasteiger partial charge on any atom is 0.282 e. The molecule has 1 aromatic heterocycles. The van der Waals surface area contributed by atoms with Crippen molar-refractivity contribution in [3.63, 3.8) is 0 Å². The van der Waals surface area contributed by atoms with Crippen LogP contribution in [0.3, 0.4) is 0 Å². The first-order valence-electron chi connectivity index (χ1n) is 12.0. The van der Waals surface area contributed by atoms with E-state index < -0.39 is 5.41 Å². The van der Waals surface area contributed by atoms with E-state index in [1.807, 2.05) is 63.2 Å². The van der Waals surface area contributed by atoms with Crippen molar-refractivity contribution in [3.8, 4) is 5.75 Å². The van der Waals surface area contributed by atoms with Crippen LogP contribution in [0.15, 0.2) is 96.1 Å². The molecule has 0 unspecified atom stereocenters. The number of aromatic nitrogens is 2. The van der Waals surface area contributed by atoms with Gasteiger partial charge in [0.25, 0.3) is 5.56 Å². The summed E-state index contributed by atoms with van der Waals surface area (Å²) >= 11 is 10.7. The van der Waals surface area contributed by atoms with Crippen molar-refractivity contribution in [2.75, 3.05) is 0 Å². The molecule has 0 amide bonds. The molecule has 5 rings (SSSR count). The molecule has 0 radical (unpaired) electrons. The molecule has 0 bridgehead atoms. The Balaban J connectivity index is 1.47. The Kier molecular flexibility index (Phi) is 7.58. The van der Waals surface area contributed by atoms with Crippen LogP contribution in [0.2, 0.25) is 0 Å². The van der Waals surface area contributed by atoms with Crippen molar-refractivity contribution in [1.82, 2.24) is 9.66 Å². The molecule has 0 saturated carbocycles. The lowest BCUT2D eigenvalue weighted by Gasteiger charge is -2.21. The van der Waals surface area contributed by atoms with Crippen molar-refractivity contribution in [1.29, 1.82) is 0 Å². The number of hydrogen-bond donors (Lipinski definition) is 0. The molecule has 0 aliphatic rings. The smallest absolute Gasteiger partial charge is 0.282 e. The predicted molar refractivity (Wildman–Crippen MR) is 166 cm³/mol. The summed E-state index contributed by atoms with van der Waals surface area (Å²) in [5, 5.41) is 7.43. The van der Waals surface area contributed by atoms with Gasteiger partial charge in [-0.05, 0) is 84.1 Å². The molecular weight excluding hydrogens is 674 g/mol. The highest BCUT2D eigenvalue weighted by Crippen LogP contribution is 2.35. The lowest BCUT2D eigenvalue weighted by molar-refractivity contribution is 0.303. The minimum Gasteiger partial charge on any atom is -0.487 e. The van der Waals surface area contributed by atoms with E-state index in [-0.39, 0.29) is 5.56 Å². The Bertz CT molecular complexity index is 1740. The minimum atomic E-state index is -0.391. The summed E-state index contributed by atoms with van der Waals surface area (Å²) in [4.78, 5) is 18.2. The van der Waals surface area contributed by atoms with Crippen molar-refractivity contribution >= 4 is 75.7 Å². The van der Waals surface area contributed by atoms with E-state index in [1.165, 1.54) is 15.4 Å². The second kappa shape index (κ2) is 10.8. The van der Waals surface area contributed by atoms with Gasteiger partial charge in [-0.3, -0.25) is 4.79 Å². The van der Waals surface area contributed by atoms with Crippen LogP contribution in [0.5, 0.6) is 5.75 Å². The van der Waals surface area contributed by atoms with Crippen LogP contribution in [0.25, 0.3) is 21.7 Å². The second-order valence-electron chi connectivity index (χ2n) is 9.95. The molecule has 38 heavy (non-hydrogen) atoms. The fourth-order valence-electron chi connectivity index (χ4n) is 4.23. The summed E-state index contributed by atoms with van der Waals surface area (Å²) < 4.78 is 9.97. The lowest BCUT2D eigenvalue weighted by atomic mass is 9.95. The van der Waals surface area contributed by atoms with Gasteiger partial charge in [-0.15, -0.1) is 0 Å². The summed E-state index contributed by atoms with van der Waals surface area (Å²) in [6.45, 7) is 6.47. The first-order valence-corrected chi connectivity index (χ1v) is 14.4. The fourth-order valence-corrected chi connectivity index (χ4v) is 6.04.